The van der Waals surface area contributed by atoms with Crippen molar-refractivity contribution in [3.8, 4) is 5.75 Å². The van der Waals surface area contributed by atoms with Gasteiger partial charge in [0.1, 0.15) is 5.75 Å². The highest BCUT2D eigenvalue weighted by molar-refractivity contribution is 6.04. The molecule has 0 heterocycles. The fourth-order valence-corrected chi connectivity index (χ4v) is 3.42. The molecular formula is C28H33N3O3. The van der Waals surface area contributed by atoms with Crippen molar-refractivity contribution in [2.75, 3.05) is 29.1 Å². The predicted octanol–water partition coefficient (Wildman–Crippen LogP) is 6.34. The average Bonchev–Trinajstić information content (AvgIpc) is 2.86. The fourth-order valence-electron chi connectivity index (χ4n) is 3.42. The van der Waals surface area contributed by atoms with Crippen molar-refractivity contribution in [3.05, 3.63) is 84.4 Å². The highest BCUT2D eigenvalue weighted by Gasteiger charge is 2.07. The summed E-state index contributed by atoms with van der Waals surface area (Å²) in [5, 5.41) is 8.83. The Morgan fingerprint density at radius 3 is 2.24 bits per heavy atom. The zero-order chi connectivity index (χ0) is 24.0. The highest BCUT2D eigenvalue weighted by Crippen LogP contribution is 2.18. The Morgan fingerprint density at radius 2 is 1.47 bits per heavy atom. The van der Waals surface area contributed by atoms with Gasteiger partial charge >= 0.3 is 0 Å². The third-order valence-electron chi connectivity index (χ3n) is 5.26. The van der Waals surface area contributed by atoms with Crippen molar-refractivity contribution >= 4 is 28.9 Å². The number of nitrogens with one attached hydrogen (secondary N) is 3. The van der Waals surface area contributed by atoms with Gasteiger partial charge in [0, 0.05) is 22.6 Å². The molecule has 0 radical (unpaired) electrons. The Labute approximate surface area is 201 Å². The van der Waals surface area contributed by atoms with E-state index in [1.54, 1.807) is 24.3 Å². The lowest BCUT2D eigenvalue weighted by atomic mass is 10.2. The predicted molar refractivity (Wildman–Crippen MR) is 139 cm³/mol. The topological polar surface area (TPSA) is 79.5 Å². The summed E-state index contributed by atoms with van der Waals surface area (Å²) in [7, 11) is 0. The van der Waals surface area contributed by atoms with Crippen molar-refractivity contribution in [2.24, 2.45) is 0 Å². The molecule has 3 rings (SSSR count). The molecule has 6 heteroatoms. The summed E-state index contributed by atoms with van der Waals surface area (Å²) >= 11 is 0. The first-order valence-electron chi connectivity index (χ1n) is 11.9. The molecule has 0 fully saturated rings. The summed E-state index contributed by atoms with van der Waals surface area (Å²) in [5.41, 5.74) is 2.69. The van der Waals surface area contributed by atoms with Crippen molar-refractivity contribution in [2.45, 2.75) is 39.0 Å². The average molecular weight is 460 g/mol. The molecule has 3 aromatic carbocycles. The highest BCUT2D eigenvalue weighted by atomic mass is 16.5. The van der Waals surface area contributed by atoms with E-state index in [0.717, 1.165) is 17.9 Å². The molecule has 2 amide bonds. The van der Waals surface area contributed by atoms with E-state index in [1.807, 2.05) is 54.6 Å². The number of benzene rings is 3. The molecule has 0 spiro atoms. The molecule has 3 N–H and O–H groups in total. The van der Waals surface area contributed by atoms with Crippen molar-refractivity contribution in [1.29, 1.82) is 0 Å². The zero-order valence-electron chi connectivity index (χ0n) is 19.7. The van der Waals surface area contributed by atoms with Gasteiger partial charge in [0.15, 0.2) is 0 Å². The minimum atomic E-state index is -0.181. The maximum Gasteiger partial charge on any atom is 0.255 e. The monoisotopic (exact) mass is 459 g/mol. The number of anilines is 3. The SMILES string of the molecule is CCCCCCCOc1ccc(NC(=O)CNc2cccc(NC(=O)c3ccccc3)c2)cc1. The Balaban J connectivity index is 1.41. The summed E-state index contributed by atoms with van der Waals surface area (Å²) in [5.74, 6) is 0.462. The molecule has 3 aromatic rings. The number of carbonyl (C=O) groups excluding carboxylic acids is 2. The van der Waals surface area contributed by atoms with Gasteiger partial charge in [0.05, 0.1) is 13.2 Å². The first kappa shape index (κ1) is 24.8. The Morgan fingerprint density at radius 1 is 0.735 bits per heavy atom. The summed E-state index contributed by atoms with van der Waals surface area (Å²) in [4.78, 5) is 24.7. The van der Waals surface area contributed by atoms with E-state index in [2.05, 4.69) is 22.9 Å². The third-order valence-corrected chi connectivity index (χ3v) is 5.26. The minimum absolute atomic E-state index is 0.103. The molecule has 6 nitrogen and oxygen atoms in total. The van der Waals surface area contributed by atoms with Gasteiger partial charge in [0.25, 0.3) is 5.91 Å². The van der Waals surface area contributed by atoms with Crippen LogP contribution in [-0.2, 0) is 4.79 Å². The van der Waals surface area contributed by atoms with E-state index in [1.165, 1.54) is 25.7 Å². The van der Waals surface area contributed by atoms with Crippen LogP contribution in [0.4, 0.5) is 17.1 Å². The van der Waals surface area contributed by atoms with E-state index in [4.69, 9.17) is 4.74 Å². The number of carbonyl (C=O) groups is 2. The molecule has 34 heavy (non-hydrogen) atoms. The summed E-state index contributed by atoms with van der Waals surface area (Å²) in [6.07, 6.45) is 6.02. The van der Waals surface area contributed by atoms with Gasteiger partial charge in [-0.25, -0.2) is 0 Å². The van der Waals surface area contributed by atoms with Crippen molar-refractivity contribution in [3.63, 3.8) is 0 Å². The lowest BCUT2D eigenvalue weighted by molar-refractivity contribution is -0.114. The van der Waals surface area contributed by atoms with E-state index in [9.17, 15) is 9.59 Å². The smallest absolute Gasteiger partial charge is 0.255 e. The molecule has 0 aliphatic carbocycles. The number of ether oxygens (including phenoxy) is 1. The standard InChI is InChI=1S/C28H33N3O3/c1-2-3-4-5-9-19-34-26-17-15-23(16-18-26)30-27(32)21-29-24-13-10-14-25(20-24)31-28(33)22-11-7-6-8-12-22/h6-8,10-18,20,29H,2-5,9,19,21H2,1H3,(H,30,32)(H,31,33). The zero-order valence-corrected chi connectivity index (χ0v) is 19.7. The van der Waals surface area contributed by atoms with Crippen LogP contribution in [0.2, 0.25) is 0 Å². The Hall–Kier alpha value is -3.80. The largest absolute Gasteiger partial charge is 0.494 e. The third kappa shape index (κ3) is 8.62. The molecule has 0 saturated carbocycles. The molecular weight excluding hydrogens is 426 g/mol. The van der Waals surface area contributed by atoms with E-state index in [0.29, 0.717) is 23.5 Å². The van der Waals surface area contributed by atoms with Gasteiger partial charge < -0.3 is 20.7 Å². The van der Waals surface area contributed by atoms with Crippen LogP contribution in [0.15, 0.2) is 78.9 Å². The Kier molecular flexibility index (Phi) is 9.99. The van der Waals surface area contributed by atoms with E-state index in [-0.39, 0.29) is 18.4 Å². The second-order valence-corrected chi connectivity index (χ2v) is 8.09. The Bertz CT molecular complexity index is 1040. The van der Waals surface area contributed by atoms with Gasteiger partial charge in [-0.1, -0.05) is 56.9 Å². The van der Waals surface area contributed by atoms with Gasteiger partial charge in [-0.15, -0.1) is 0 Å². The van der Waals surface area contributed by atoms with Crippen LogP contribution >= 0.6 is 0 Å². The summed E-state index contributed by atoms with van der Waals surface area (Å²) in [6, 6.07) is 23.7. The molecule has 0 bridgehead atoms. The van der Waals surface area contributed by atoms with Gasteiger partial charge in [-0.2, -0.15) is 0 Å². The van der Waals surface area contributed by atoms with Crippen LogP contribution in [0.5, 0.6) is 5.75 Å². The summed E-state index contributed by atoms with van der Waals surface area (Å²) < 4.78 is 5.76. The normalized spacial score (nSPS) is 10.4. The fraction of sp³-hybridized carbons (Fsp3) is 0.286. The molecule has 0 aliphatic heterocycles. The molecule has 0 atom stereocenters. The van der Waals surface area contributed by atoms with Crippen LogP contribution in [0, 0.1) is 0 Å². The second kappa shape index (κ2) is 13.7. The lowest BCUT2D eigenvalue weighted by Gasteiger charge is -2.11. The van der Waals surface area contributed by atoms with Gasteiger partial charge in [0.2, 0.25) is 5.91 Å². The number of amides is 2. The van der Waals surface area contributed by atoms with E-state index < -0.39 is 0 Å². The van der Waals surface area contributed by atoms with Crippen LogP contribution in [-0.4, -0.2) is 25.0 Å². The maximum atomic E-state index is 12.3. The molecule has 0 unspecified atom stereocenters. The van der Waals surface area contributed by atoms with E-state index >= 15 is 0 Å². The number of unbranched alkanes of at least 4 members (excludes halogenated alkanes) is 4. The number of hydrogen-bond acceptors (Lipinski definition) is 4. The minimum Gasteiger partial charge on any atom is -0.494 e. The van der Waals surface area contributed by atoms with Crippen LogP contribution in [0.25, 0.3) is 0 Å². The number of hydrogen-bond donors (Lipinski definition) is 3. The van der Waals surface area contributed by atoms with Gasteiger partial charge in [-0.3, -0.25) is 9.59 Å². The number of rotatable bonds is 13. The quantitative estimate of drug-likeness (QED) is 0.261. The van der Waals surface area contributed by atoms with Crippen LogP contribution in [0.3, 0.4) is 0 Å². The van der Waals surface area contributed by atoms with Crippen molar-refractivity contribution < 1.29 is 14.3 Å². The van der Waals surface area contributed by atoms with Crippen LogP contribution < -0.4 is 20.7 Å². The second-order valence-electron chi connectivity index (χ2n) is 8.09. The molecule has 0 saturated heterocycles. The molecule has 0 aromatic heterocycles. The lowest BCUT2D eigenvalue weighted by Crippen LogP contribution is -2.21. The molecule has 178 valence electrons. The van der Waals surface area contributed by atoms with Crippen LogP contribution in [0.1, 0.15) is 49.4 Å². The first-order valence-corrected chi connectivity index (χ1v) is 11.9. The first-order chi connectivity index (χ1) is 16.6. The molecule has 0 aliphatic rings. The summed E-state index contributed by atoms with van der Waals surface area (Å²) in [6.45, 7) is 3.02. The maximum absolute atomic E-state index is 12.3. The van der Waals surface area contributed by atoms with Gasteiger partial charge in [-0.05, 0) is 61.0 Å². The van der Waals surface area contributed by atoms with Crippen molar-refractivity contribution in [1.82, 2.24) is 0 Å².